The summed E-state index contributed by atoms with van der Waals surface area (Å²) in [5.41, 5.74) is 4.25. The number of carbonyl (C=O) groups excluding carboxylic acids is 1. The average Bonchev–Trinajstić information content (AvgIpc) is 3.58. The van der Waals surface area contributed by atoms with Crippen LogP contribution in [0.25, 0.3) is 22.3 Å². The van der Waals surface area contributed by atoms with E-state index in [2.05, 4.69) is 21.0 Å². The van der Waals surface area contributed by atoms with E-state index in [1.54, 1.807) is 30.6 Å². The number of nitrogens with zero attached hydrogens (tertiary/aromatic N) is 1. The van der Waals surface area contributed by atoms with E-state index in [-0.39, 0.29) is 11.3 Å². The zero-order valence-electron chi connectivity index (χ0n) is 20.5. The van der Waals surface area contributed by atoms with Crippen molar-refractivity contribution in [2.45, 2.75) is 25.7 Å². The second-order valence-electron chi connectivity index (χ2n) is 8.55. The Hall–Kier alpha value is -4.30. The molecule has 5 aromatic rings. The summed E-state index contributed by atoms with van der Waals surface area (Å²) in [6.45, 7) is 2.03. The molecule has 0 aliphatic heterocycles. The molecule has 3 N–H and O–H groups in total. The first-order valence-corrected chi connectivity index (χ1v) is 11.8. The third-order valence-electron chi connectivity index (χ3n) is 6.02. The second kappa shape index (κ2) is 11.6. The summed E-state index contributed by atoms with van der Waals surface area (Å²) < 4.78 is 34.9. The number of carbonyl (C=O) groups is 1. The summed E-state index contributed by atoms with van der Waals surface area (Å²) in [5, 5.41) is 7.26. The molecule has 8 heteroatoms. The first kappa shape index (κ1) is 25.8. The Morgan fingerprint density at radius 3 is 2.70 bits per heavy atom. The van der Waals surface area contributed by atoms with Crippen LogP contribution in [-0.2, 0) is 11.2 Å². The van der Waals surface area contributed by atoms with Gasteiger partial charge in [-0.3, -0.25) is 0 Å². The number of aromatic nitrogens is 3. The van der Waals surface area contributed by atoms with Gasteiger partial charge in [0.15, 0.2) is 17.4 Å². The predicted octanol–water partition coefficient (Wildman–Crippen LogP) is 6.52. The number of aliphatic hydroxyl groups excluding tert-OH is 1. The van der Waals surface area contributed by atoms with Crippen LogP contribution in [0.15, 0.2) is 73.1 Å². The molecule has 0 bridgehead atoms. The van der Waals surface area contributed by atoms with Gasteiger partial charge in [0, 0.05) is 55.1 Å². The molecule has 0 radical (unpaired) electrons. The van der Waals surface area contributed by atoms with Crippen LogP contribution in [0.3, 0.4) is 0 Å². The Balaban J connectivity index is 0.00000156. The average molecular weight is 504 g/mol. The van der Waals surface area contributed by atoms with Crippen LogP contribution in [0.4, 0.5) is 8.78 Å². The summed E-state index contributed by atoms with van der Waals surface area (Å²) in [7, 11) is 1.00. The lowest BCUT2D eigenvalue weighted by Crippen LogP contribution is -1.96. The number of nitrogens with one attached hydrogen (secondary N) is 2. The number of halogens is 2. The second-order valence-corrected chi connectivity index (χ2v) is 8.55. The third-order valence-corrected chi connectivity index (χ3v) is 6.02. The largest absolute Gasteiger partial charge is 0.451 e. The van der Waals surface area contributed by atoms with Crippen LogP contribution in [0.2, 0.25) is 0 Å². The molecule has 1 atom stereocenters. The smallest absolute Gasteiger partial charge is 0.199 e. The van der Waals surface area contributed by atoms with E-state index < -0.39 is 17.4 Å². The van der Waals surface area contributed by atoms with Gasteiger partial charge >= 0.3 is 0 Å². The van der Waals surface area contributed by atoms with Gasteiger partial charge < -0.3 is 24.6 Å². The first-order valence-electron chi connectivity index (χ1n) is 11.8. The molecule has 0 spiro atoms. The van der Waals surface area contributed by atoms with Gasteiger partial charge in [-0.1, -0.05) is 43.3 Å². The van der Waals surface area contributed by atoms with Crippen molar-refractivity contribution in [3.05, 3.63) is 102 Å². The van der Waals surface area contributed by atoms with Crippen molar-refractivity contribution in [1.29, 1.82) is 0 Å². The maximum Gasteiger partial charge on any atom is 0.199 e. The van der Waals surface area contributed by atoms with Gasteiger partial charge in [0.2, 0.25) is 0 Å². The van der Waals surface area contributed by atoms with Crippen molar-refractivity contribution in [3.8, 4) is 22.9 Å². The number of fused-ring (bicyclic) bond motifs is 1. The molecular weight excluding hydrogens is 476 g/mol. The molecular formula is C29H27F2N3O3. The van der Waals surface area contributed by atoms with Crippen LogP contribution in [0, 0.1) is 11.6 Å². The molecule has 1 unspecified atom stereocenters. The number of hydrogen-bond donors (Lipinski definition) is 3. The topological polar surface area (TPSA) is 91.0 Å². The van der Waals surface area contributed by atoms with Gasteiger partial charge in [0.05, 0.1) is 5.52 Å². The van der Waals surface area contributed by atoms with Crippen molar-refractivity contribution >= 4 is 17.2 Å². The Kier molecular flexibility index (Phi) is 8.10. The standard InChI is InChI=1S/C28H23F2N3O2.CH4O/c1-17(9-11-34)19-5-2-4-18(12-19)13-21-16-32-28(33-21)20-6-3-7-22(14-20)35-27-24(29)15-25-23(26(27)30)8-10-31-25;1-2/h2-8,10-12,14-17,31H,9,13H2,1H3,(H,32,33);2H,1H3. The minimum absolute atomic E-state index is 0.167. The molecule has 0 saturated carbocycles. The van der Waals surface area contributed by atoms with Gasteiger partial charge in [-0.15, -0.1) is 0 Å². The number of imidazole rings is 1. The van der Waals surface area contributed by atoms with E-state index in [1.165, 1.54) is 12.1 Å². The highest BCUT2D eigenvalue weighted by Crippen LogP contribution is 2.34. The monoisotopic (exact) mass is 503 g/mol. The number of rotatable bonds is 8. The highest BCUT2D eigenvalue weighted by atomic mass is 19.1. The number of aromatic amines is 2. The van der Waals surface area contributed by atoms with Crippen LogP contribution in [-0.4, -0.2) is 33.5 Å². The Labute approximate surface area is 213 Å². The van der Waals surface area contributed by atoms with Crippen molar-refractivity contribution in [1.82, 2.24) is 15.0 Å². The van der Waals surface area contributed by atoms with E-state index in [0.717, 1.165) is 35.8 Å². The fourth-order valence-corrected chi connectivity index (χ4v) is 4.14. The molecule has 6 nitrogen and oxygen atoms in total. The normalized spacial score (nSPS) is 11.6. The lowest BCUT2D eigenvalue weighted by Gasteiger charge is -2.10. The van der Waals surface area contributed by atoms with Gasteiger partial charge in [-0.2, -0.15) is 0 Å². The Morgan fingerprint density at radius 1 is 1.08 bits per heavy atom. The number of ether oxygens (including phenoxy) is 1. The van der Waals surface area contributed by atoms with E-state index in [1.807, 2.05) is 31.2 Å². The van der Waals surface area contributed by atoms with Gasteiger partial charge in [0.25, 0.3) is 0 Å². The summed E-state index contributed by atoms with van der Waals surface area (Å²) in [6.07, 6.45) is 5.40. The summed E-state index contributed by atoms with van der Waals surface area (Å²) in [6, 6.07) is 17.8. The Bertz CT molecular complexity index is 1510. The lowest BCUT2D eigenvalue weighted by atomic mass is 9.95. The van der Waals surface area contributed by atoms with Crippen LogP contribution in [0.1, 0.15) is 36.1 Å². The molecule has 0 aliphatic carbocycles. The van der Waals surface area contributed by atoms with E-state index in [9.17, 15) is 13.6 Å². The highest BCUT2D eigenvalue weighted by molar-refractivity contribution is 5.82. The van der Waals surface area contributed by atoms with E-state index in [4.69, 9.17) is 9.84 Å². The van der Waals surface area contributed by atoms with Gasteiger partial charge in [0.1, 0.15) is 17.9 Å². The van der Waals surface area contributed by atoms with Crippen LogP contribution < -0.4 is 4.74 Å². The van der Waals surface area contributed by atoms with Gasteiger partial charge in [-0.25, -0.2) is 13.8 Å². The maximum absolute atomic E-state index is 14.8. The molecule has 5 rings (SSSR count). The van der Waals surface area contributed by atoms with Crippen LogP contribution in [0.5, 0.6) is 11.5 Å². The number of hydrogen-bond acceptors (Lipinski definition) is 4. The lowest BCUT2D eigenvalue weighted by molar-refractivity contribution is -0.108. The van der Waals surface area contributed by atoms with Crippen molar-refractivity contribution < 1.29 is 23.4 Å². The maximum atomic E-state index is 14.8. The van der Waals surface area contributed by atoms with E-state index in [0.29, 0.717) is 29.9 Å². The zero-order valence-corrected chi connectivity index (χ0v) is 20.5. The molecule has 190 valence electrons. The third kappa shape index (κ3) is 5.76. The summed E-state index contributed by atoms with van der Waals surface area (Å²) >= 11 is 0. The van der Waals surface area contributed by atoms with Gasteiger partial charge in [-0.05, 0) is 35.2 Å². The minimum Gasteiger partial charge on any atom is -0.451 e. The Morgan fingerprint density at radius 2 is 1.89 bits per heavy atom. The zero-order chi connectivity index (χ0) is 26.4. The molecule has 37 heavy (non-hydrogen) atoms. The molecule has 3 aromatic carbocycles. The number of H-pyrrole nitrogens is 2. The first-order chi connectivity index (χ1) is 18.0. The van der Waals surface area contributed by atoms with Crippen molar-refractivity contribution in [2.24, 2.45) is 0 Å². The minimum atomic E-state index is -0.784. The molecule has 2 aromatic heterocycles. The number of aldehydes is 1. The quantitative estimate of drug-likeness (QED) is 0.210. The van der Waals surface area contributed by atoms with E-state index >= 15 is 0 Å². The molecule has 0 fully saturated rings. The van der Waals surface area contributed by atoms with Crippen molar-refractivity contribution in [3.63, 3.8) is 0 Å². The fraction of sp³-hybridized carbons (Fsp3) is 0.172. The number of aliphatic hydroxyl groups is 1. The molecule has 0 saturated heterocycles. The van der Waals surface area contributed by atoms with Crippen molar-refractivity contribution in [2.75, 3.05) is 7.11 Å². The summed E-state index contributed by atoms with van der Waals surface area (Å²) in [4.78, 5) is 21.4. The fourth-order valence-electron chi connectivity index (χ4n) is 4.14. The van der Waals surface area contributed by atoms with Crippen LogP contribution >= 0.6 is 0 Å². The molecule has 0 amide bonds. The molecule has 2 heterocycles. The molecule has 0 aliphatic rings. The predicted molar refractivity (Wildman–Crippen MR) is 139 cm³/mol. The number of benzene rings is 3. The highest BCUT2D eigenvalue weighted by Gasteiger charge is 2.17. The SMILES string of the molecule is CC(CC=O)c1cccc(Cc2cnc(-c3cccc(Oc4c(F)cc5[nH]ccc5c4F)c3)[nH]2)c1.CO. The summed E-state index contributed by atoms with van der Waals surface area (Å²) in [5.74, 6) is -0.898.